The third-order valence-corrected chi connectivity index (χ3v) is 3.27. The van der Waals surface area contributed by atoms with E-state index in [9.17, 15) is 0 Å². The topological polar surface area (TPSA) is 36.4 Å². The first-order valence-electron chi connectivity index (χ1n) is 4.33. The Morgan fingerprint density at radius 2 is 2.17 bits per heavy atom. The summed E-state index contributed by atoms with van der Waals surface area (Å²) >= 11 is 0. The van der Waals surface area contributed by atoms with Crippen LogP contribution >= 0.6 is 8.73 Å². The van der Waals surface area contributed by atoms with Gasteiger partial charge in [0.25, 0.3) is 0 Å². The van der Waals surface area contributed by atoms with E-state index in [1.54, 1.807) is 0 Å². The van der Waals surface area contributed by atoms with E-state index in [4.69, 9.17) is 0 Å². The van der Waals surface area contributed by atoms with Crippen molar-refractivity contribution in [3.8, 4) is 0 Å². The summed E-state index contributed by atoms with van der Waals surface area (Å²) in [6.45, 7) is 9.11. The molecule has 0 spiro atoms. The summed E-state index contributed by atoms with van der Waals surface area (Å²) in [5.41, 5.74) is 4.43. The van der Waals surface area contributed by atoms with Gasteiger partial charge in [0.1, 0.15) is 0 Å². The van der Waals surface area contributed by atoms with Crippen molar-refractivity contribution >= 4 is 14.2 Å². The molecule has 2 N–H and O–H groups in total. The zero-order chi connectivity index (χ0) is 9.19. The third-order valence-electron chi connectivity index (χ3n) is 2.43. The van der Waals surface area contributed by atoms with Crippen LogP contribution in [0.2, 0.25) is 0 Å². The first kappa shape index (κ1) is 9.94. The Bertz CT molecular complexity index is 183. The van der Waals surface area contributed by atoms with Crippen molar-refractivity contribution in [2.75, 3.05) is 0 Å². The Hall–Kier alpha value is -0.140. The second-order valence-corrected chi connectivity index (χ2v) is 5.47. The lowest BCUT2D eigenvalue weighted by atomic mass is 9.80. The normalized spacial score (nSPS) is 22.2. The van der Waals surface area contributed by atoms with Gasteiger partial charge in [0.15, 0.2) is 0 Å². The Balaban J connectivity index is 2.40. The number of hydrogen-bond donors (Lipinski definition) is 2. The maximum atomic E-state index is 4.16. The highest BCUT2D eigenvalue weighted by Gasteiger charge is 2.22. The molecule has 70 valence electrons. The lowest BCUT2D eigenvalue weighted by molar-refractivity contribution is 0.270. The molecule has 0 amide bonds. The van der Waals surface area contributed by atoms with Gasteiger partial charge in [-0.15, -0.1) is 0 Å². The highest BCUT2D eigenvalue weighted by molar-refractivity contribution is 7.56. The van der Waals surface area contributed by atoms with Gasteiger partial charge < -0.3 is 0 Å². The highest BCUT2D eigenvalue weighted by Crippen LogP contribution is 2.31. The molecular formula is C8H18N3P. The standard InChI is InChI=1S/C8H18N3P/c1-6(8(2,3)4)5-7-9-10-11-12-7/h6,10-12H,5H2,1-4H3. The van der Waals surface area contributed by atoms with Gasteiger partial charge in [-0.1, -0.05) is 27.7 Å². The minimum atomic E-state index is 0.385. The fourth-order valence-corrected chi connectivity index (χ4v) is 1.69. The molecule has 0 saturated heterocycles. The first-order valence-corrected chi connectivity index (χ1v) is 5.33. The van der Waals surface area contributed by atoms with Crippen molar-refractivity contribution in [3.05, 3.63) is 0 Å². The molecule has 0 saturated carbocycles. The Morgan fingerprint density at radius 1 is 1.50 bits per heavy atom. The van der Waals surface area contributed by atoms with Crippen LogP contribution in [-0.4, -0.2) is 5.45 Å². The Kier molecular flexibility index (Phi) is 3.08. The van der Waals surface area contributed by atoms with Gasteiger partial charge in [0.2, 0.25) is 0 Å². The quantitative estimate of drug-likeness (QED) is 0.649. The van der Waals surface area contributed by atoms with Crippen LogP contribution in [0, 0.1) is 11.3 Å². The van der Waals surface area contributed by atoms with Crippen molar-refractivity contribution in [1.82, 2.24) is 10.7 Å². The monoisotopic (exact) mass is 187 g/mol. The number of nitrogens with zero attached hydrogens (tertiary/aromatic N) is 1. The van der Waals surface area contributed by atoms with Crippen molar-refractivity contribution < 1.29 is 0 Å². The average molecular weight is 187 g/mol. The third kappa shape index (κ3) is 2.72. The first-order chi connectivity index (χ1) is 5.50. The maximum Gasteiger partial charge on any atom is 0.0760 e. The molecule has 0 aromatic rings. The molecule has 0 aliphatic carbocycles. The molecule has 1 rings (SSSR count). The van der Waals surface area contributed by atoms with Crippen LogP contribution in [0.3, 0.4) is 0 Å². The predicted molar refractivity (Wildman–Crippen MR) is 55.3 cm³/mol. The summed E-state index contributed by atoms with van der Waals surface area (Å²) in [6.07, 6.45) is 1.10. The van der Waals surface area contributed by atoms with Crippen molar-refractivity contribution in [2.24, 2.45) is 16.4 Å². The van der Waals surface area contributed by atoms with E-state index in [1.807, 2.05) is 0 Å². The van der Waals surface area contributed by atoms with Gasteiger partial charge in [-0.3, -0.25) is 0 Å². The molecule has 4 heteroatoms. The van der Waals surface area contributed by atoms with E-state index < -0.39 is 0 Å². The van der Waals surface area contributed by atoms with Crippen molar-refractivity contribution in [1.29, 1.82) is 0 Å². The van der Waals surface area contributed by atoms with Gasteiger partial charge in [0.05, 0.1) is 5.45 Å². The largest absolute Gasteiger partial charge is 0.239 e. The van der Waals surface area contributed by atoms with E-state index in [1.165, 1.54) is 5.45 Å². The minimum Gasteiger partial charge on any atom is -0.239 e. The molecule has 1 heterocycles. The van der Waals surface area contributed by atoms with Gasteiger partial charge in [-0.2, -0.15) is 10.3 Å². The van der Waals surface area contributed by atoms with Gasteiger partial charge >= 0.3 is 0 Å². The zero-order valence-electron chi connectivity index (χ0n) is 8.23. The average Bonchev–Trinajstić information content (AvgIpc) is 2.37. The lowest BCUT2D eigenvalue weighted by Crippen LogP contribution is -2.19. The second kappa shape index (κ2) is 3.71. The van der Waals surface area contributed by atoms with Crippen LogP contribution in [0.1, 0.15) is 34.1 Å². The molecule has 2 atom stereocenters. The number of rotatable bonds is 2. The zero-order valence-corrected chi connectivity index (χ0v) is 9.23. The lowest BCUT2D eigenvalue weighted by Gasteiger charge is -2.26. The summed E-state index contributed by atoms with van der Waals surface area (Å²) in [6, 6.07) is 0. The maximum absolute atomic E-state index is 4.16. The van der Waals surface area contributed by atoms with Crippen LogP contribution in [-0.2, 0) is 0 Å². The summed E-state index contributed by atoms with van der Waals surface area (Å²) in [5, 5.41) is 7.16. The van der Waals surface area contributed by atoms with Gasteiger partial charge in [-0.05, 0) is 17.8 Å². The molecule has 1 aliphatic heterocycles. The van der Waals surface area contributed by atoms with E-state index in [0.717, 1.165) is 6.42 Å². The Labute approximate surface area is 76.2 Å². The SMILES string of the molecule is CC(CC1=NNNP1)C(C)(C)C. The molecule has 0 fully saturated rings. The van der Waals surface area contributed by atoms with Gasteiger partial charge in [-0.25, -0.2) is 5.53 Å². The molecule has 0 aromatic heterocycles. The summed E-state index contributed by atoms with van der Waals surface area (Å²) in [7, 11) is 0.661. The van der Waals surface area contributed by atoms with E-state index in [2.05, 4.69) is 43.5 Å². The van der Waals surface area contributed by atoms with Crippen LogP contribution < -0.4 is 10.7 Å². The number of hydrogen-bond acceptors (Lipinski definition) is 3. The van der Waals surface area contributed by atoms with Crippen molar-refractivity contribution in [3.63, 3.8) is 0 Å². The molecule has 0 aromatic carbocycles. The molecule has 2 unspecified atom stereocenters. The Morgan fingerprint density at radius 3 is 2.58 bits per heavy atom. The van der Waals surface area contributed by atoms with E-state index in [0.29, 0.717) is 20.1 Å². The number of hydrazine groups is 1. The second-order valence-electron chi connectivity index (χ2n) is 4.39. The fraction of sp³-hybridized carbons (Fsp3) is 0.875. The molecule has 12 heavy (non-hydrogen) atoms. The molecular weight excluding hydrogens is 169 g/mol. The minimum absolute atomic E-state index is 0.385. The molecule has 0 bridgehead atoms. The smallest absolute Gasteiger partial charge is 0.0760 e. The van der Waals surface area contributed by atoms with E-state index in [-0.39, 0.29) is 0 Å². The van der Waals surface area contributed by atoms with Crippen LogP contribution in [0.5, 0.6) is 0 Å². The van der Waals surface area contributed by atoms with Crippen LogP contribution in [0.4, 0.5) is 0 Å². The summed E-state index contributed by atoms with van der Waals surface area (Å²) < 4.78 is 0. The van der Waals surface area contributed by atoms with Gasteiger partial charge in [0, 0.05) is 8.73 Å². The van der Waals surface area contributed by atoms with Crippen molar-refractivity contribution in [2.45, 2.75) is 34.1 Å². The predicted octanol–water partition coefficient (Wildman–Crippen LogP) is 2.07. The van der Waals surface area contributed by atoms with E-state index >= 15 is 0 Å². The fourth-order valence-electron chi connectivity index (χ4n) is 0.916. The van der Waals surface area contributed by atoms with Crippen LogP contribution in [0.25, 0.3) is 0 Å². The highest BCUT2D eigenvalue weighted by atomic mass is 31.1. The summed E-state index contributed by atoms with van der Waals surface area (Å²) in [5.74, 6) is 0.686. The molecule has 1 aliphatic rings. The summed E-state index contributed by atoms with van der Waals surface area (Å²) in [4.78, 5) is 0. The molecule has 3 nitrogen and oxygen atoms in total. The number of nitrogens with one attached hydrogen (secondary N) is 2. The number of hydrazone groups is 1. The molecule has 0 radical (unpaired) electrons. The van der Waals surface area contributed by atoms with Crippen LogP contribution in [0.15, 0.2) is 5.10 Å².